The monoisotopic (exact) mass is 354 g/mol. The molecule has 0 saturated carbocycles. The highest BCUT2D eigenvalue weighted by molar-refractivity contribution is 7.89. The topological polar surface area (TPSA) is 75.7 Å². The summed E-state index contributed by atoms with van der Waals surface area (Å²) < 4.78 is 33.0. The van der Waals surface area contributed by atoms with Crippen LogP contribution in [0.4, 0.5) is 0 Å². The number of amides is 1. The number of likely N-dealkylation sites (tertiary alicyclic amines) is 1. The Morgan fingerprint density at radius 2 is 1.83 bits per heavy atom. The predicted octanol–water partition coefficient (Wildman–Crippen LogP) is 1.99. The fourth-order valence-corrected chi connectivity index (χ4v) is 4.14. The highest BCUT2D eigenvalue weighted by atomic mass is 32.2. The number of nitrogens with zero attached hydrogens (tertiary/aromatic N) is 1. The van der Waals surface area contributed by atoms with E-state index in [4.69, 9.17) is 4.74 Å². The van der Waals surface area contributed by atoms with E-state index in [9.17, 15) is 13.2 Å². The quantitative estimate of drug-likeness (QED) is 0.848. The van der Waals surface area contributed by atoms with Crippen LogP contribution in [0.25, 0.3) is 0 Å². The summed E-state index contributed by atoms with van der Waals surface area (Å²) in [4.78, 5) is 14.1. The van der Waals surface area contributed by atoms with Crippen molar-refractivity contribution in [3.63, 3.8) is 0 Å². The van der Waals surface area contributed by atoms with Crippen molar-refractivity contribution in [3.05, 3.63) is 23.3 Å². The van der Waals surface area contributed by atoms with Crippen molar-refractivity contribution < 1.29 is 17.9 Å². The second-order valence-electron chi connectivity index (χ2n) is 6.08. The lowest BCUT2D eigenvalue weighted by atomic mass is 10.1. The third-order valence-electron chi connectivity index (χ3n) is 4.18. The van der Waals surface area contributed by atoms with Crippen molar-refractivity contribution in [1.82, 2.24) is 9.62 Å². The van der Waals surface area contributed by atoms with Crippen molar-refractivity contribution in [1.29, 1.82) is 0 Å². The lowest BCUT2D eigenvalue weighted by Gasteiger charge is -2.26. The first kappa shape index (κ1) is 18.7. The van der Waals surface area contributed by atoms with Gasteiger partial charge in [-0.25, -0.2) is 13.1 Å². The SMILES string of the molecule is CCOc1cc(C)c(S(=O)(=O)NCC(=O)N2CCCCC2)cc1C. The maximum Gasteiger partial charge on any atom is 0.241 e. The minimum Gasteiger partial charge on any atom is -0.494 e. The van der Waals surface area contributed by atoms with E-state index in [0.29, 0.717) is 31.0 Å². The molecule has 7 heteroatoms. The zero-order valence-electron chi connectivity index (χ0n) is 14.6. The summed E-state index contributed by atoms with van der Waals surface area (Å²) in [6.45, 7) is 7.16. The first-order valence-electron chi connectivity index (χ1n) is 8.36. The summed E-state index contributed by atoms with van der Waals surface area (Å²) in [5.41, 5.74) is 1.35. The number of sulfonamides is 1. The molecular weight excluding hydrogens is 328 g/mol. The summed E-state index contributed by atoms with van der Waals surface area (Å²) in [5, 5.41) is 0. The first-order chi connectivity index (χ1) is 11.3. The number of hydrogen-bond acceptors (Lipinski definition) is 4. The average Bonchev–Trinajstić information content (AvgIpc) is 2.56. The van der Waals surface area contributed by atoms with E-state index in [1.54, 1.807) is 24.0 Å². The second-order valence-corrected chi connectivity index (χ2v) is 7.82. The number of rotatable bonds is 6. The summed E-state index contributed by atoms with van der Waals surface area (Å²) in [6.07, 6.45) is 3.09. The lowest BCUT2D eigenvalue weighted by molar-refractivity contribution is -0.130. The molecule has 1 amide bonds. The van der Waals surface area contributed by atoms with Crippen molar-refractivity contribution in [3.8, 4) is 5.75 Å². The van der Waals surface area contributed by atoms with Gasteiger partial charge in [-0.3, -0.25) is 4.79 Å². The molecule has 1 fully saturated rings. The second kappa shape index (κ2) is 7.98. The molecule has 0 atom stereocenters. The fraction of sp³-hybridized carbons (Fsp3) is 0.588. The maximum atomic E-state index is 12.5. The molecule has 0 radical (unpaired) electrons. The Morgan fingerprint density at radius 3 is 2.46 bits per heavy atom. The smallest absolute Gasteiger partial charge is 0.241 e. The Labute approximate surface area is 144 Å². The first-order valence-corrected chi connectivity index (χ1v) is 9.85. The Kier molecular flexibility index (Phi) is 6.23. The van der Waals surface area contributed by atoms with Gasteiger partial charge in [0.15, 0.2) is 0 Å². The summed E-state index contributed by atoms with van der Waals surface area (Å²) >= 11 is 0. The molecule has 1 aromatic carbocycles. The number of nitrogens with one attached hydrogen (secondary N) is 1. The van der Waals surface area contributed by atoms with Crippen LogP contribution in [0.15, 0.2) is 17.0 Å². The molecule has 0 aromatic heterocycles. The van der Waals surface area contributed by atoms with Gasteiger partial charge in [0.05, 0.1) is 18.0 Å². The van der Waals surface area contributed by atoms with Gasteiger partial charge < -0.3 is 9.64 Å². The van der Waals surface area contributed by atoms with Gasteiger partial charge >= 0.3 is 0 Å². The van der Waals surface area contributed by atoms with E-state index < -0.39 is 10.0 Å². The fourth-order valence-electron chi connectivity index (χ4n) is 2.85. The van der Waals surface area contributed by atoms with Crippen molar-refractivity contribution in [2.24, 2.45) is 0 Å². The molecule has 0 unspecified atom stereocenters. The van der Waals surface area contributed by atoms with Crippen LogP contribution in [-0.4, -0.2) is 45.5 Å². The standard InChI is InChI=1S/C17H26N2O4S/c1-4-23-15-10-14(3)16(11-13(15)2)24(21,22)18-12-17(20)19-8-6-5-7-9-19/h10-11,18H,4-9,12H2,1-3H3. The number of benzene rings is 1. The highest BCUT2D eigenvalue weighted by Gasteiger charge is 2.22. The minimum atomic E-state index is -3.73. The molecule has 1 saturated heterocycles. The van der Waals surface area contributed by atoms with E-state index in [-0.39, 0.29) is 17.3 Å². The van der Waals surface area contributed by atoms with Crippen LogP contribution in [0.5, 0.6) is 5.75 Å². The Hall–Kier alpha value is -1.60. The molecule has 6 nitrogen and oxygen atoms in total. The van der Waals surface area contributed by atoms with Crippen LogP contribution in [0.3, 0.4) is 0 Å². The number of piperidine rings is 1. The molecule has 2 rings (SSSR count). The Morgan fingerprint density at radius 1 is 1.17 bits per heavy atom. The maximum absolute atomic E-state index is 12.5. The van der Waals surface area contributed by atoms with Crippen LogP contribution in [0, 0.1) is 13.8 Å². The number of ether oxygens (including phenoxy) is 1. The molecule has 1 aliphatic heterocycles. The van der Waals surface area contributed by atoms with Gasteiger partial charge in [0.1, 0.15) is 5.75 Å². The number of carbonyl (C=O) groups excluding carboxylic acids is 1. The summed E-state index contributed by atoms with van der Waals surface area (Å²) in [6, 6.07) is 3.31. The normalized spacial score (nSPS) is 15.4. The summed E-state index contributed by atoms with van der Waals surface area (Å²) in [5.74, 6) is 0.511. The van der Waals surface area contributed by atoms with E-state index >= 15 is 0 Å². The van der Waals surface area contributed by atoms with Gasteiger partial charge in [0.25, 0.3) is 0 Å². The van der Waals surface area contributed by atoms with Gasteiger partial charge in [-0.15, -0.1) is 0 Å². The molecule has 1 aliphatic rings. The number of aryl methyl sites for hydroxylation is 2. The van der Waals surface area contributed by atoms with E-state index in [2.05, 4.69) is 4.72 Å². The highest BCUT2D eigenvalue weighted by Crippen LogP contribution is 2.25. The molecule has 0 spiro atoms. The molecule has 0 bridgehead atoms. The zero-order valence-corrected chi connectivity index (χ0v) is 15.4. The van der Waals surface area contributed by atoms with Crippen molar-refractivity contribution >= 4 is 15.9 Å². The largest absolute Gasteiger partial charge is 0.494 e. The molecular formula is C17H26N2O4S. The van der Waals surface area contributed by atoms with Gasteiger partial charge in [-0.1, -0.05) is 0 Å². The lowest BCUT2D eigenvalue weighted by Crippen LogP contribution is -2.42. The minimum absolute atomic E-state index is 0.168. The molecule has 24 heavy (non-hydrogen) atoms. The van der Waals surface area contributed by atoms with Crippen LogP contribution < -0.4 is 9.46 Å². The van der Waals surface area contributed by atoms with Crippen LogP contribution in [-0.2, 0) is 14.8 Å². The van der Waals surface area contributed by atoms with Crippen LogP contribution in [0.2, 0.25) is 0 Å². The molecule has 134 valence electrons. The van der Waals surface area contributed by atoms with Gasteiger partial charge in [0.2, 0.25) is 15.9 Å². The zero-order chi connectivity index (χ0) is 17.7. The van der Waals surface area contributed by atoms with Gasteiger partial charge in [-0.2, -0.15) is 0 Å². The molecule has 0 aliphatic carbocycles. The number of carbonyl (C=O) groups is 1. The van der Waals surface area contributed by atoms with Gasteiger partial charge in [0, 0.05) is 13.1 Å². The third-order valence-corrected chi connectivity index (χ3v) is 5.73. The van der Waals surface area contributed by atoms with Crippen molar-refractivity contribution in [2.75, 3.05) is 26.2 Å². The van der Waals surface area contributed by atoms with Crippen molar-refractivity contribution in [2.45, 2.75) is 44.9 Å². The van der Waals surface area contributed by atoms with Gasteiger partial charge in [-0.05, 0) is 63.3 Å². The third kappa shape index (κ3) is 4.48. The number of hydrogen-bond donors (Lipinski definition) is 1. The predicted molar refractivity (Wildman–Crippen MR) is 92.7 cm³/mol. The van der Waals surface area contributed by atoms with E-state index in [0.717, 1.165) is 24.8 Å². The molecule has 1 N–H and O–H groups in total. The Bertz CT molecular complexity index is 695. The molecule has 1 aromatic rings. The average molecular weight is 354 g/mol. The Balaban J connectivity index is 2.09. The van der Waals surface area contributed by atoms with Crippen LogP contribution in [0.1, 0.15) is 37.3 Å². The van der Waals surface area contributed by atoms with E-state index in [1.807, 2.05) is 13.8 Å². The van der Waals surface area contributed by atoms with Crippen LogP contribution >= 0.6 is 0 Å². The molecule has 1 heterocycles. The van der Waals surface area contributed by atoms with E-state index in [1.165, 1.54) is 0 Å². The summed E-state index contributed by atoms with van der Waals surface area (Å²) in [7, 11) is -3.73.